The summed E-state index contributed by atoms with van der Waals surface area (Å²) in [7, 11) is 0. The second-order valence-corrected chi connectivity index (χ2v) is 6.18. The van der Waals surface area contributed by atoms with E-state index in [1.165, 1.54) is 18.3 Å². The molecule has 0 unspecified atom stereocenters. The van der Waals surface area contributed by atoms with Crippen molar-refractivity contribution in [3.05, 3.63) is 64.7 Å². The van der Waals surface area contributed by atoms with Crippen molar-refractivity contribution in [2.45, 2.75) is 6.18 Å². The highest BCUT2D eigenvalue weighted by Crippen LogP contribution is 2.31. The van der Waals surface area contributed by atoms with Crippen LogP contribution in [0, 0.1) is 0 Å². The van der Waals surface area contributed by atoms with Crippen molar-refractivity contribution in [2.75, 3.05) is 31.1 Å². The first-order valence-corrected chi connectivity index (χ1v) is 8.27. The van der Waals surface area contributed by atoms with Gasteiger partial charge in [0, 0.05) is 29.4 Å². The van der Waals surface area contributed by atoms with E-state index in [-0.39, 0.29) is 5.56 Å². The van der Waals surface area contributed by atoms with E-state index in [0.717, 1.165) is 24.8 Å². The molecule has 0 amide bonds. The largest absolute Gasteiger partial charge is 0.417 e. The molecule has 25 heavy (non-hydrogen) atoms. The molecule has 0 radical (unpaired) electrons. The number of anilines is 1. The first-order chi connectivity index (χ1) is 11.9. The van der Waals surface area contributed by atoms with E-state index in [0.29, 0.717) is 18.1 Å². The van der Waals surface area contributed by atoms with Crippen LogP contribution in [0.25, 0.3) is 0 Å². The number of hydrogen-bond acceptors (Lipinski definition) is 3. The third kappa shape index (κ3) is 4.45. The fourth-order valence-corrected chi connectivity index (χ4v) is 2.86. The minimum atomic E-state index is -4.38. The van der Waals surface area contributed by atoms with E-state index in [2.05, 4.69) is 10.0 Å². The number of hydrazone groups is 1. The minimum Gasteiger partial charge on any atom is -0.368 e. The SMILES string of the molecule is FC(F)(F)c1ccccc1/C=N\N1CCN(c2ccc(Cl)cc2)CC1. The maximum Gasteiger partial charge on any atom is 0.417 e. The first-order valence-electron chi connectivity index (χ1n) is 7.89. The smallest absolute Gasteiger partial charge is 0.368 e. The van der Waals surface area contributed by atoms with E-state index in [9.17, 15) is 13.2 Å². The Morgan fingerprint density at radius 2 is 1.56 bits per heavy atom. The van der Waals surface area contributed by atoms with E-state index in [1.54, 1.807) is 11.1 Å². The van der Waals surface area contributed by atoms with Crippen LogP contribution in [0.5, 0.6) is 0 Å². The van der Waals surface area contributed by atoms with Crippen molar-refractivity contribution in [1.29, 1.82) is 0 Å². The van der Waals surface area contributed by atoms with Crippen molar-refractivity contribution in [1.82, 2.24) is 5.01 Å². The number of alkyl halides is 3. The molecule has 0 atom stereocenters. The monoisotopic (exact) mass is 367 g/mol. The Labute approximate surface area is 149 Å². The molecule has 3 rings (SSSR count). The Hall–Kier alpha value is -2.21. The van der Waals surface area contributed by atoms with Crippen LogP contribution in [0.15, 0.2) is 53.6 Å². The highest BCUT2D eigenvalue weighted by atomic mass is 35.5. The van der Waals surface area contributed by atoms with Crippen molar-refractivity contribution in [3.63, 3.8) is 0 Å². The van der Waals surface area contributed by atoms with Gasteiger partial charge in [-0.2, -0.15) is 18.3 Å². The summed E-state index contributed by atoms with van der Waals surface area (Å²) in [5.74, 6) is 0. The zero-order chi connectivity index (χ0) is 17.9. The molecule has 1 fully saturated rings. The Balaban J connectivity index is 1.63. The second kappa shape index (κ2) is 7.35. The first kappa shape index (κ1) is 17.6. The molecule has 132 valence electrons. The average Bonchev–Trinajstić information content (AvgIpc) is 2.61. The highest BCUT2D eigenvalue weighted by Gasteiger charge is 2.32. The summed E-state index contributed by atoms with van der Waals surface area (Å²) >= 11 is 5.89. The lowest BCUT2D eigenvalue weighted by Gasteiger charge is -2.34. The third-order valence-corrected chi connectivity index (χ3v) is 4.33. The maximum absolute atomic E-state index is 13.0. The lowest BCUT2D eigenvalue weighted by Crippen LogP contribution is -2.44. The van der Waals surface area contributed by atoms with Crippen LogP contribution in [-0.2, 0) is 6.18 Å². The van der Waals surface area contributed by atoms with Gasteiger partial charge in [0.05, 0.1) is 24.9 Å². The fourth-order valence-electron chi connectivity index (χ4n) is 2.73. The molecule has 0 aromatic heterocycles. The predicted octanol–water partition coefficient (Wildman–Crippen LogP) is 4.51. The number of piperazine rings is 1. The molecule has 3 nitrogen and oxygen atoms in total. The van der Waals surface area contributed by atoms with Crippen molar-refractivity contribution in [2.24, 2.45) is 5.10 Å². The summed E-state index contributed by atoms with van der Waals surface area (Å²) in [6.07, 6.45) is -3.09. The molecule has 7 heteroatoms. The zero-order valence-corrected chi connectivity index (χ0v) is 14.1. The number of benzene rings is 2. The summed E-state index contributed by atoms with van der Waals surface area (Å²) in [6.45, 7) is 2.79. The Morgan fingerprint density at radius 1 is 0.920 bits per heavy atom. The summed E-state index contributed by atoms with van der Waals surface area (Å²) in [5.41, 5.74) is 0.490. The molecule has 0 aliphatic carbocycles. The van der Waals surface area contributed by atoms with Gasteiger partial charge >= 0.3 is 6.18 Å². The van der Waals surface area contributed by atoms with Gasteiger partial charge in [0.1, 0.15) is 0 Å². The van der Waals surface area contributed by atoms with Gasteiger partial charge in [-0.15, -0.1) is 0 Å². The van der Waals surface area contributed by atoms with E-state index < -0.39 is 11.7 Å². The van der Waals surface area contributed by atoms with Crippen molar-refractivity contribution in [3.8, 4) is 0 Å². The molecular formula is C18H17ClF3N3. The Morgan fingerprint density at radius 3 is 2.20 bits per heavy atom. The molecule has 2 aromatic carbocycles. The third-order valence-electron chi connectivity index (χ3n) is 4.07. The highest BCUT2D eigenvalue weighted by molar-refractivity contribution is 6.30. The van der Waals surface area contributed by atoms with E-state index >= 15 is 0 Å². The van der Waals surface area contributed by atoms with Crippen LogP contribution >= 0.6 is 11.6 Å². The van der Waals surface area contributed by atoms with Gasteiger partial charge in [-0.05, 0) is 30.3 Å². The standard InChI is InChI=1S/C18H17ClF3N3/c19-15-5-7-16(8-6-15)24-9-11-25(12-10-24)23-13-14-3-1-2-4-17(14)18(20,21)22/h1-8,13H,9-12H2/b23-13-. The molecule has 1 heterocycles. The number of nitrogens with zero attached hydrogens (tertiary/aromatic N) is 3. The Kier molecular flexibility index (Phi) is 5.18. The van der Waals surface area contributed by atoms with Gasteiger partial charge in [0.2, 0.25) is 0 Å². The van der Waals surface area contributed by atoms with Crippen molar-refractivity contribution < 1.29 is 13.2 Å². The van der Waals surface area contributed by atoms with Crippen LogP contribution in [-0.4, -0.2) is 37.4 Å². The molecule has 0 spiro atoms. The van der Waals surface area contributed by atoms with Gasteiger partial charge in [-0.1, -0.05) is 29.8 Å². The summed E-state index contributed by atoms with van der Waals surface area (Å²) in [4.78, 5) is 2.20. The normalized spacial score (nSPS) is 15.8. The lowest BCUT2D eigenvalue weighted by molar-refractivity contribution is -0.137. The Bertz CT molecular complexity index is 736. The molecule has 1 aliphatic rings. The van der Waals surface area contributed by atoms with E-state index in [1.807, 2.05) is 24.3 Å². The van der Waals surface area contributed by atoms with Crippen LogP contribution in [0.3, 0.4) is 0 Å². The predicted molar refractivity (Wildman–Crippen MR) is 94.3 cm³/mol. The zero-order valence-electron chi connectivity index (χ0n) is 13.4. The average molecular weight is 368 g/mol. The van der Waals surface area contributed by atoms with Crippen molar-refractivity contribution >= 4 is 23.5 Å². The van der Waals surface area contributed by atoms with Gasteiger partial charge < -0.3 is 4.90 Å². The second-order valence-electron chi connectivity index (χ2n) is 5.75. The molecule has 1 aliphatic heterocycles. The van der Waals surface area contributed by atoms with Gasteiger partial charge in [0.15, 0.2) is 0 Å². The van der Waals surface area contributed by atoms with Gasteiger partial charge in [0.25, 0.3) is 0 Å². The summed E-state index contributed by atoms with van der Waals surface area (Å²) in [5, 5.41) is 6.71. The van der Waals surface area contributed by atoms with Crippen LogP contribution in [0.2, 0.25) is 5.02 Å². The molecule has 1 saturated heterocycles. The molecule has 0 bridgehead atoms. The molecule has 2 aromatic rings. The molecule has 0 saturated carbocycles. The fraction of sp³-hybridized carbons (Fsp3) is 0.278. The molecule has 0 N–H and O–H groups in total. The number of hydrogen-bond donors (Lipinski definition) is 0. The van der Waals surface area contributed by atoms with E-state index in [4.69, 9.17) is 11.6 Å². The topological polar surface area (TPSA) is 18.8 Å². The van der Waals surface area contributed by atoms with Gasteiger partial charge in [-0.25, -0.2) is 0 Å². The van der Waals surface area contributed by atoms with Crippen LogP contribution < -0.4 is 4.90 Å². The van der Waals surface area contributed by atoms with Crippen LogP contribution in [0.4, 0.5) is 18.9 Å². The summed E-state index contributed by atoms with van der Waals surface area (Å²) < 4.78 is 39.0. The summed E-state index contributed by atoms with van der Waals surface area (Å²) in [6, 6.07) is 13.1. The van der Waals surface area contributed by atoms with Crippen LogP contribution in [0.1, 0.15) is 11.1 Å². The maximum atomic E-state index is 13.0. The number of halogens is 4. The number of rotatable bonds is 3. The minimum absolute atomic E-state index is 0.0788. The lowest BCUT2D eigenvalue weighted by atomic mass is 10.1. The van der Waals surface area contributed by atoms with Gasteiger partial charge in [-0.3, -0.25) is 5.01 Å². The molecular weight excluding hydrogens is 351 g/mol. The quantitative estimate of drug-likeness (QED) is 0.743.